The first kappa shape index (κ1) is 11.8. The minimum absolute atomic E-state index is 0.136. The number of halogens is 2. The van der Waals surface area contributed by atoms with Gasteiger partial charge in [-0.15, -0.1) is 0 Å². The summed E-state index contributed by atoms with van der Waals surface area (Å²) in [7, 11) is 0. The summed E-state index contributed by atoms with van der Waals surface area (Å²) in [4.78, 5) is 11.4. The molecule has 3 nitrogen and oxygen atoms in total. The minimum Gasteiger partial charge on any atom is -0.338 e. The zero-order valence-electron chi connectivity index (χ0n) is 10.5. The van der Waals surface area contributed by atoms with E-state index < -0.39 is 11.6 Å². The van der Waals surface area contributed by atoms with Gasteiger partial charge in [-0.2, -0.15) is 0 Å². The summed E-state index contributed by atoms with van der Waals surface area (Å²) in [5.74, 6) is -0.807. The fraction of sp³-hybridized carbons (Fsp3) is 0.143. The lowest BCUT2D eigenvalue weighted by molar-refractivity contribution is 0.591. The van der Waals surface area contributed by atoms with Crippen molar-refractivity contribution in [2.45, 2.75) is 13.8 Å². The maximum Gasteiger partial charge on any atom is 0.153 e. The summed E-state index contributed by atoms with van der Waals surface area (Å²) >= 11 is 0. The van der Waals surface area contributed by atoms with E-state index in [9.17, 15) is 8.78 Å². The van der Waals surface area contributed by atoms with Crippen molar-refractivity contribution in [2.24, 2.45) is 0 Å². The van der Waals surface area contributed by atoms with Gasteiger partial charge in [0.1, 0.15) is 17.2 Å². The number of rotatable bonds is 1. The number of imidazole rings is 1. The molecule has 0 fully saturated rings. The average molecular weight is 259 g/mol. The van der Waals surface area contributed by atoms with Gasteiger partial charge in [0, 0.05) is 23.0 Å². The molecule has 5 heteroatoms. The Labute approximate surface area is 108 Å². The number of hydrogen-bond acceptors (Lipinski definition) is 2. The summed E-state index contributed by atoms with van der Waals surface area (Å²) in [5.41, 5.74) is 2.94. The Morgan fingerprint density at radius 3 is 2.58 bits per heavy atom. The largest absolute Gasteiger partial charge is 0.338 e. The van der Waals surface area contributed by atoms with Gasteiger partial charge in [0.2, 0.25) is 0 Å². The van der Waals surface area contributed by atoms with Crippen LogP contribution in [0.1, 0.15) is 11.4 Å². The highest BCUT2D eigenvalue weighted by atomic mass is 19.1. The second-order valence-corrected chi connectivity index (χ2v) is 4.45. The number of pyridine rings is 1. The molecule has 19 heavy (non-hydrogen) atoms. The first-order chi connectivity index (χ1) is 9.04. The van der Waals surface area contributed by atoms with Crippen LogP contribution >= 0.6 is 0 Å². The molecule has 1 aromatic carbocycles. The van der Waals surface area contributed by atoms with Gasteiger partial charge in [-0.25, -0.2) is 13.8 Å². The van der Waals surface area contributed by atoms with Crippen LogP contribution in [0.25, 0.3) is 22.4 Å². The fourth-order valence-electron chi connectivity index (χ4n) is 2.11. The third-order valence-electron chi connectivity index (χ3n) is 2.99. The van der Waals surface area contributed by atoms with Gasteiger partial charge in [-0.1, -0.05) is 0 Å². The van der Waals surface area contributed by atoms with E-state index in [0.717, 1.165) is 23.0 Å². The van der Waals surface area contributed by atoms with E-state index in [0.29, 0.717) is 11.3 Å². The standard InChI is InChI=1S/C14H11F2N3/c1-7-3-4-10(8(2)17-7)14-18-12-6-9(15)5-11(16)13(12)19-14/h3-6H,1-2H3,(H,18,19). The number of aromatic nitrogens is 3. The molecule has 0 spiro atoms. The Balaban J connectivity index is 2.23. The number of fused-ring (bicyclic) bond motifs is 1. The topological polar surface area (TPSA) is 41.6 Å². The predicted molar refractivity (Wildman–Crippen MR) is 68.7 cm³/mol. The van der Waals surface area contributed by atoms with Gasteiger partial charge < -0.3 is 4.98 Å². The Kier molecular flexibility index (Phi) is 2.55. The smallest absolute Gasteiger partial charge is 0.153 e. The van der Waals surface area contributed by atoms with Crippen LogP contribution in [-0.2, 0) is 0 Å². The average Bonchev–Trinajstić information content (AvgIpc) is 2.72. The van der Waals surface area contributed by atoms with Gasteiger partial charge in [0.15, 0.2) is 5.82 Å². The highest BCUT2D eigenvalue weighted by molar-refractivity contribution is 5.80. The maximum atomic E-state index is 13.6. The molecular weight excluding hydrogens is 248 g/mol. The van der Waals surface area contributed by atoms with Crippen molar-refractivity contribution >= 4 is 11.0 Å². The normalized spacial score (nSPS) is 11.2. The van der Waals surface area contributed by atoms with E-state index in [1.165, 1.54) is 6.07 Å². The third kappa shape index (κ3) is 1.97. The lowest BCUT2D eigenvalue weighted by atomic mass is 10.2. The lowest BCUT2D eigenvalue weighted by Gasteiger charge is -2.02. The first-order valence-corrected chi connectivity index (χ1v) is 5.84. The third-order valence-corrected chi connectivity index (χ3v) is 2.99. The van der Waals surface area contributed by atoms with E-state index in [4.69, 9.17) is 0 Å². The first-order valence-electron chi connectivity index (χ1n) is 5.84. The Bertz CT molecular complexity index is 778. The molecule has 3 aromatic rings. The number of aromatic amines is 1. The second-order valence-electron chi connectivity index (χ2n) is 4.45. The minimum atomic E-state index is -0.671. The molecule has 0 saturated carbocycles. The Morgan fingerprint density at radius 1 is 1.05 bits per heavy atom. The summed E-state index contributed by atoms with van der Waals surface area (Å²) in [6, 6.07) is 5.77. The van der Waals surface area contributed by atoms with Crippen LogP contribution in [0.15, 0.2) is 24.3 Å². The molecule has 0 bridgehead atoms. The summed E-state index contributed by atoms with van der Waals surface area (Å²) in [6.07, 6.45) is 0. The molecule has 96 valence electrons. The summed E-state index contributed by atoms with van der Waals surface area (Å²) in [6.45, 7) is 3.75. The van der Waals surface area contributed by atoms with Gasteiger partial charge in [0.05, 0.1) is 5.52 Å². The predicted octanol–water partition coefficient (Wildman–Crippen LogP) is 3.52. The fourth-order valence-corrected chi connectivity index (χ4v) is 2.11. The quantitative estimate of drug-likeness (QED) is 0.726. The SMILES string of the molecule is Cc1ccc(-c2nc3c(F)cc(F)cc3[nH]2)c(C)n1. The Morgan fingerprint density at radius 2 is 1.84 bits per heavy atom. The molecule has 0 amide bonds. The second kappa shape index (κ2) is 4.12. The number of aryl methyl sites for hydroxylation is 2. The van der Waals surface area contributed by atoms with Gasteiger partial charge in [0.25, 0.3) is 0 Å². The van der Waals surface area contributed by atoms with Crippen molar-refractivity contribution in [2.75, 3.05) is 0 Å². The van der Waals surface area contributed by atoms with Crippen molar-refractivity contribution < 1.29 is 8.78 Å². The van der Waals surface area contributed by atoms with Crippen LogP contribution in [0, 0.1) is 25.5 Å². The number of H-pyrrole nitrogens is 1. The molecule has 0 saturated heterocycles. The number of benzene rings is 1. The van der Waals surface area contributed by atoms with Crippen molar-refractivity contribution in [3.63, 3.8) is 0 Å². The number of nitrogens with one attached hydrogen (secondary N) is 1. The van der Waals surface area contributed by atoms with Gasteiger partial charge >= 0.3 is 0 Å². The van der Waals surface area contributed by atoms with Gasteiger partial charge in [-0.05, 0) is 32.0 Å². The van der Waals surface area contributed by atoms with Gasteiger partial charge in [-0.3, -0.25) is 4.98 Å². The van der Waals surface area contributed by atoms with E-state index in [1.807, 2.05) is 26.0 Å². The van der Waals surface area contributed by atoms with Crippen LogP contribution in [0.2, 0.25) is 0 Å². The van der Waals surface area contributed by atoms with E-state index in [2.05, 4.69) is 15.0 Å². The lowest BCUT2D eigenvalue weighted by Crippen LogP contribution is -1.91. The molecular formula is C14H11F2N3. The zero-order valence-corrected chi connectivity index (χ0v) is 10.5. The van der Waals surface area contributed by atoms with Crippen molar-refractivity contribution in [3.8, 4) is 11.4 Å². The van der Waals surface area contributed by atoms with Crippen LogP contribution in [0.5, 0.6) is 0 Å². The van der Waals surface area contributed by atoms with E-state index in [1.54, 1.807) is 0 Å². The molecule has 0 aliphatic carbocycles. The molecule has 2 heterocycles. The van der Waals surface area contributed by atoms with Crippen molar-refractivity contribution in [1.29, 1.82) is 0 Å². The van der Waals surface area contributed by atoms with Crippen molar-refractivity contribution in [1.82, 2.24) is 15.0 Å². The van der Waals surface area contributed by atoms with Crippen LogP contribution < -0.4 is 0 Å². The highest BCUT2D eigenvalue weighted by Crippen LogP contribution is 2.24. The van der Waals surface area contributed by atoms with E-state index >= 15 is 0 Å². The van der Waals surface area contributed by atoms with Crippen LogP contribution in [0.4, 0.5) is 8.78 Å². The monoisotopic (exact) mass is 259 g/mol. The van der Waals surface area contributed by atoms with Crippen LogP contribution in [-0.4, -0.2) is 15.0 Å². The highest BCUT2D eigenvalue weighted by Gasteiger charge is 2.12. The molecule has 0 unspecified atom stereocenters. The number of hydrogen-bond donors (Lipinski definition) is 1. The Hall–Kier alpha value is -2.30. The molecule has 1 N–H and O–H groups in total. The molecule has 0 aliphatic rings. The van der Waals surface area contributed by atoms with E-state index in [-0.39, 0.29) is 5.52 Å². The van der Waals surface area contributed by atoms with Crippen LogP contribution in [0.3, 0.4) is 0 Å². The summed E-state index contributed by atoms with van der Waals surface area (Å²) in [5, 5.41) is 0. The number of nitrogens with zero attached hydrogens (tertiary/aromatic N) is 2. The summed E-state index contributed by atoms with van der Waals surface area (Å²) < 4.78 is 26.7. The molecule has 0 aliphatic heterocycles. The molecule has 2 aromatic heterocycles. The molecule has 0 atom stereocenters. The maximum absolute atomic E-state index is 13.6. The van der Waals surface area contributed by atoms with Crippen molar-refractivity contribution in [3.05, 3.63) is 47.3 Å². The zero-order chi connectivity index (χ0) is 13.6. The molecule has 0 radical (unpaired) electrons. The molecule has 3 rings (SSSR count).